The summed E-state index contributed by atoms with van der Waals surface area (Å²) in [5.41, 5.74) is 4.66. The number of methoxy groups -OCH3 is 1. The lowest BCUT2D eigenvalue weighted by molar-refractivity contribution is 0.0955. The van der Waals surface area contributed by atoms with Crippen LogP contribution in [0.1, 0.15) is 21.6 Å². The molecule has 0 saturated heterocycles. The highest BCUT2D eigenvalue weighted by Crippen LogP contribution is 2.09. The average molecular weight is 269 g/mol. The van der Waals surface area contributed by atoms with Crippen LogP contribution in [-0.4, -0.2) is 24.2 Å². The molecule has 1 amide bonds. The molecule has 1 N–H and O–H groups in total. The maximum Gasteiger partial charge on any atom is 0.272 e. The standard InChI is InChI=1S/C15H15N3O2/c1-11-3-6-13(10-16-11)15(19)18-17-9-12-4-7-14(20-2)8-5-12/h3-10H,1-2H3,(H,18,19). The molecule has 5 heteroatoms. The highest BCUT2D eigenvalue weighted by molar-refractivity contribution is 5.94. The summed E-state index contributed by atoms with van der Waals surface area (Å²) in [5.74, 6) is 0.485. The van der Waals surface area contributed by atoms with Crippen molar-refractivity contribution in [2.45, 2.75) is 6.92 Å². The molecule has 0 aliphatic carbocycles. The number of amides is 1. The summed E-state index contributed by atoms with van der Waals surface area (Å²) in [4.78, 5) is 15.8. The molecular weight excluding hydrogens is 254 g/mol. The largest absolute Gasteiger partial charge is 0.497 e. The first-order valence-electron chi connectivity index (χ1n) is 6.09. The van der Waals surface area contributed by atoms with E-state index in [2.05, 4.69) is 15.5 Å². The van der Waals surface area contributed by atoms with Crippen LogP contribution in [0.5, 0.6) is 5.75 Å². The minimum atomic E-state index is -0.290. The van der Waals surface area contributed by atoms with E-state index in [1.54, 1.807) is 25.5 Å². The molecule has 20 heavy (non-hydrogen) atoms. The molecule has 0 fully saturated rings. The van der Waals surface area contributed by atoms with Crippen LogP contribution in [-0.2, 0) is 0 Å². The van der Waals surface area contributed by atoms with E-state index in [-0.39, 0.29) is 5.91 Å². The van der Waals surface area contributed by atoms with Crippen LogP contribution >= 0.6 is 0 Å². The van der Waals surface area contributed by atoms with Crippen LogP contribution in [0.3, 0.4) is 0 Å². The number of hydrazone groups is 1. The zero-order valence-corrected chi connectivity index (χ0v) is 11.3. The molecule has 0 bridgehead atoms. The lowest BCUT2D eigenvalue weighted by atomic mass is 10.2. The number of hydrogen-bond donors (Lipinski definition) is 1. The number of ether oxygens (including phenoxy) is 1. The Bertz CT molecular complexity index is 604. The summed E-state index contributed by atoms with van der Waals surface area (Å²) in [6, 6.07) is 10.8. The fraction of sp³-hybridized carbons (Fsp3) is 0.133. The van der Waals surface area contributed by atoms with Gasteiger partial charge in [-0.25, -0.2) is 5.43 Å². The molecule has 5 nitrogen and oxygen atoms in total. The minimum absolute atomic E-state index is 0.290. The number of hydrogen-bond acceptors (Lipinski definition) is 4. The fourth-order valence-electron chi connectivity index (χ4n) is 1.52. The first-order valence-corrected chi connectivity index (χ1v) is 6.09. The van der Waals surface area contributed by atoms with Crippen LogP contribution < -0.4 is 10.2 Å². The maximum atomic E-state index is 11.8. The van der Waals surface area contributed by atoms with Gasteiger partial charge >= 0.3 is 0 Å². The van der Waals surface area contributed by atoms with Gasteiger partial charge in [-0.05, 0) is 48.9 Å². The Hall–Kier alpha value is -2.69. The van der Waals surface area contributed by atoms with Crippen molar-refractivity contribution >= 4 is 12.1 Å². The Kier molecular flexibility index (Phi) is 4.44. The van der Waals surface area contributed by atoms with Gasteiger partial charge in [-0.15, -0.1) is 0 Å². The number of benzene rings is 1. The number of nitrogens with zero attached hydrogens (tertiary/aromatic N) is 2. The molecule has 0 unspecified atom stereocenters. The van der Waals surface area contributed by atoms with Crippen molar-refractivity contribution in [3.8, 4) is 5.75 Å². The normalized spacial score (nSPS) is 10.5. The van der Waals surface area contributed by atoms with Crippen LogP contribution in [0.25, 0.3) is 0 Å². The predicted octanol–water partition coefficient (Wildman–Crippen LogP) is 2.16. The monoisotopic (exact) mass is 269 g/mol. The smallest absolute Gasteiger partial charge is 0.272 e. The molecular formula is C15H15N3O2. The van der Waals surface area contributed by atoms with Crippen LogP contribution in [0, 0.1) is 6.92 Å². The third-order valence-corrected chi connectivity index (χ3v) is 2.67. The molecule has 1 heterocycles. The number of pyridine rings is 1. The Balaban J connectivity index is 1.95. The number of rotatable bonds is 4. The van der Waals surface area contributed by atoms with Crippen molar-refractivity contribution in [2.24, 2.45) is 5.10 Å². The maximum absolute atomic E-state index is 11.8. The summed E-state index contributed by atoms with van der Waals surface area (Å²) in [6.07, 6.45) is 3.09. The van der Waals surface area contributed by atoms with Crippen LogP contribution in [0.15, 0.2) is 47.7 Å². The van der Waals surface area contributed by atoms with E-state index in [4.69, 9.17) is 4.74 Å². The Labute approximate surface area is 117 Å². The van der Waals surface area contributed by atoms with Crippen LogP contribution in [0.2, 0.25) is 0 Å². The summed E-state index contributed by atoms with van der Waals surface area (Å²) in [5, 5.41) is 3.90. The Morgan fingerprint density at radius 3 is 2.60 bits per heavy atom. The van der Waals surface area contributed by atoms with Gasteiger partial charge in [0.25, 0.3) is 5.91 Å². The number of aromatic nitrogens is 1. The molecule has 1 aromatic heterocycles. The fourth-order valence-corrected chi connectivity index (χ4v) is 1.52. The lowest BCUT2D eigenvalue weighted by Crippen LogP contribution is -2.17. The highest BCUT2D eigenvalue weighted by Gasteiger charge is 2.03. The molecule has 0 aliphatic heterocycles. The van der Waals surface area contributed by atoms with E-state index in [0.717, 1.165) is 17.0 Å². The first kappa shape index (κ1) is 13.7. The summed E-state index contributed by atoms with van der Waals surface area (Å²) < 4.78 is 5.06. The van der Waals surface area contributed by atoms with Gasteiger partial charge in [0.1, 0.15) is 5.75 Å². The minimum Gasteiger partial charge on any atom is -0.497 e. The molecule has 0 spiro atoms. The van der Waals surface area contributed by atoms with E-state index in [0.29, 0.717) is 5.56 Å². The van der Waals surface area contributed by atoms with Gasteiger partial charge in [0, 0.05) is 11.9 Å². The quantitative estimate of drug-likeness (QED) is 0.683. The van der Waals surface area contributed by atoms with Crippen molar-refractivity contribution in [3.63, 3.8) is 0 Å². The highest BCUT2D eigenvalue weighted by atomic mass is 16.5. The predicted molar refractivity (Wildman–Crippen MR) is 77.0 cm³/mol. The number of aryl methyl sites for hydroxylation is 1. The van der Waals surface area contributed by atoms with Crippen molar-refractivity contribution in [2.75, 3.05) is 7.11 Å². The molecule has 2 aromatic rings. The second kappa shape index (κ2) is 6.47. The van der Waals surface area contributed by atoms with Crippen molar-refractivity contribution in [1.82, 2.24) is 10.4 Å². The molecule has 0 radical (unpaired) electrons. The third-order valence-electron chi connectivity index (χ3n) is 2.67. The van der Waals surface area contributed by atoms with Gasteiger partial charge in [0.05, 0.1) is 18.9 Å². The van der Waals surface area contributed by atoms with Gasteiger partial charge in [-0.1, -0.05) is 0 Å². The summed E-state index contributed by atoms with van der Waals surface area (Å²) >= 11 is 0. The van der Waals surface area contributed by atoms with E-state index in [9.17, 15) is 4.79 Å². The van der Waals surface area contributed by atoms with Crippen molar-refractivity contribution in [3.05, 3.63) is 59.4 Å². The zero-order chi connectivity index (χ0) is 14.4. The molecule has 0 saturated carbocycles. The van der Waals surface area contributed by atoms with Gasteiger partial charge in [0.15, 0.2) is 0 Å². The zero-order valence-electron chi connectivity index (χ0n) is 11.3. The van der Waals surface area contributed by atoms with E-state index >= 15 is 0 Å². The number of carbonyl (C=O) groups excluding carboxylic acids is 1. The lowest BCUT2D eigenvalue weighted by Gasteiger charge is -2.00. The molecule has 2 rings (SSSR count). The molecule has 0 aliphatic rings. The SMILES string of the molecule is COc1ccc(C=NNC(=O)c2ccc(C)nc2)cc1. The van der Waals surface area contributed by atoms with Gasteiger partial charge in [-0.2, -0.15) is 5.10 Å². The van der Waals surface area contributed by atoms with E-state index in [1.165, 1.54) is 6.20 Å². The summed E-state index contributed by atoms with van der Waals surface area (Å²) in [6.45, 7) is 1.86. The second-order valence-corrected chi connectivity index (χ2v) is 4.16. The summed E-state index contributed by atoms with van der Waals surface area (Å²) in [7, 11) is 1.61. The number of carbonyl (C=O) groups is 1. The van der Waals surface area contributed by atoms with E-state index < -0.39 is 0 Å². The third kappa shape index (κ3) is 3.65. The molecule has 1 aromatic carbocycles. The van der Waals surface area contributed by atoms with Crippen molar-refractivity contribution < 1.29 is 9.53 Å². The van der Waals surface area contributed by atoms with Gasteiger partial charge < -0.3 is 4.74 Å². The van der Waals surface area contributed by atoms with Gasteiger partial charge in [-0.3, -0.25) is 9.78 Å². The van der Waals surface area contributed by atoms with Crippen LogP contribution in [0.4, 0.5) is 0 Å². The topological polar surface area (TPSA) is 63.6 Å². The van der Waals surface area contributed by atoms with E-state index in [1.807, 2.05) is 31.2 Å². The number of nitrogens with one attached hydrogen (secondary N) is 1. The Morgan fingerprint density at radius 2 is 2.00 bits per heavy atom. The molecule has 102 valence electrons. The second-order valence-electron chi connectivity index (χ2n) is 4.16. The average Bonchev–Trinajstić information content (AvgIpc) is 2.48. The first-order chi connectivity index (χ1) is 9.69. The van der Waals surface area contributed by atoms with Crippen molar-refractivity contribution in [1.29, 1.82) is 0 Å². The Morgan fingerprint density at radius 1 is 1.25 bits per heavy atom. The molecule has 0 atom stereocenters. The van der Waals surface area contributed by atoms with Gasteiger partial charge in [0.2, 0.25) is 0 Å².